The molecule has 0 saturated carbocycles. The highest BCUT2D eigenvalue weighted by molar-refractivity contribution is 7.17. The van der Waals surface area contributed by atoms with Crippen LogP contribution in [0.5, 0.6) is 0 Å². The fourth-order valence-corrected chi connectivity index (χ4v) is 5.11. The summed E-state index contributed by atoms with van der Waals surface area (Å²) in [5.74, 6) is 0.602. The van der Waals surface area contributed by atoms with Gasteiger partial charge < -0.3 is 9.80 Å². The number of fused-ring (bicyclic) bond motifs is 1. The Labute approximate surface area is 187 Å². The fourth-order valence-electron chi connectivity index (χ4n) is 3.79. The van der Waals surface area contributed by atoms with E-state index in [2.05, 4.69) is 20.9 Å². The molecular formula is C22H18Cl2N4OS. The van der Waals surface area contributed by atoms with Crippen LogP contribution >= 0.6 is 34.5 Å². The third-order valence-corrected chi connectivity index (χ3v) is 6.86. The zero-order valence-electron chi connectivity index (χ0n) is 15.9. The van der Waals surface area contributed by atoms with Gasteiger partial charge in [-0.1, -0.05) is 47.5 Å². The Morgan fingerprint density at radius 1 is 0.933 bits per heavy atom. The van der Waals surface area contributed by atoms with Gasteiger partial charge in [-0.05, 0) is 24.3 Å². The summed E-state index contributed by atoms with van der Waals surface area (Å²) in [6, 6.07) is 15.5. The van der Waals surface area contributed by atoms with E-state index in [-0.39, 0.29) is 5.56 Å². The van der Waals surface area contributed by atoms with Gasteiger partial charge in [0.2, 0.25) is 5.95 Å². The second-order valence-corrected chi connectivity index (χ2v) is 8.87. The van der Waals surface area contributed by atoms with Gasteiger partial charge in [-0.15, -0.1) is 11.3 Å². The van der Waals surface area contributed by atoms with Crippen molar-refractivity contribution in [1.82, 2.24) is 9.97 Å². The lowest BCUT2D eigenvalue weighted by Crippen LogP contribution is -2.47. The van der Waals surface area contributed by atoms with E-state index in [1.165, 1.54) is 11.3 Å². The fraction of sp³-hybridized carbons (Fsp3) is 0.182. The van der Waals surface area contributed by atoms with Gasteiger partial charge >= 0.3 is 0 Å². The Balaban J connectivity index is 1.45. The van der Waals surface area contributed by atoms with Gasteiger partial charge in [-0.3, -0.25) is 9.78 Å². The molecular weight excluding hydrogens is 439 g/mol. The van der Waals surface area contributed by atoms with Crippen LogP contribution in [0.3, 0.4) is 0 Å². The Hall–Kier alpha value is -2.54. The number of halogens is 2. The molecule has 1 aliphatic rings. The number of thiophene rings is 1. The van der Waals surface area contributed by atoms with Crippen molar-refractivity contribution in [2.24, 2.45) is 0 Å². The van der Waals surface area contributed by atoms with Gasteiger partial charge in [-0.2, -0.15) is 0 Å². The molecule has 1 fully saturated rings. The molecule has 2 aromatic carbocycles. The van der Waals surface area contributed by atoms with Crippen molar-refractivity contribution in [3.8, 4) is 11.1 Å². The molecule has 5 rings (SSSR count). The average Bonchev–Trinajstić information content (AvgIpc) is 3.19. The number of benzene rings is 2. The molecule has 1 N–H and O–H groups in total. The Kier molecular flexibility index (Phi) is 5.15. The molecule has 4 aromatic rings. The first kappa shape index (κ1) is 19.4. The van der Waals surface area contributed by atoms with Crippen molar-refractivity contribution in [1.29, 1.82) is 0 Å². The zero-order chi connectivity index (χ0) is 20.7. The number of nitrogens with zero attached hydrogens (tertiary/aromatic N) is 3. The third kappa shape index (κ3) is 3.55. The zero-order valence-corrected chi connectivity index (χ0v) is 18.3. The van der Waals surface area contributed by atoms with Gasteiger partial charge in [0.25, 0.3) is 5.56 Å². The average molecular weight is 457 g/mol. The summed E-state index contributed by atoms with van der Waals surface area (Å²) in [4.78, 5) is 24.9. The van der Waals surface area contributed by atoms with Crippen molar-refractivity contribution in [3.63, 3.8) is 0 Å². The molecule has 0 spiro atoms. The molecule has 152 valence electrons. The molecule has 2 aromatic heterocycles. The number of hydrogen-bond acceptors (Lipinski definition) is 5. The number of anilines is 2. The van der Waals surface area contributed by atoms with Crippen LogP contribution in [0.4, 0.5) is 11.6 Å². The summed E-state index contributed by atoms with van der Waals surface area (Å²) in [6.07, 6.45) is 0. The second kappa shape index (κ2) is 7.95. The van der Waals surface area contributed by atoms with Crippen LogP contribution in [0, 0.1) is 0 Å². The number of nitrogens with one attached hydrogen (secondary N) is 1. The summed E-state index contributed by atoms with van der Waals surface area (Å²) in [5, 5.41) is 3.33. The predicted molar refractivity (Wildman–Crippen MR) is 127 cm³/mol. The molecule has 1 saturated heterocycles. The van der Waals surface area contributed by atoms with E-state index in [4.69, 9.17) is 28.2 Å². The van der Waals surface area contributed by atoms with E-state index in [1.807, 2.05) is 47.8 Å². The van der Waals surface area contributed by atoms with Gasteiger partial charge in [-0.25, -0.2) is 4.98 Å². The molecule has 1 aliphatic heterocycles. The van der Waals surface area contributed by atoms with Gasteiger partial charge in [0.15, 0.2) is 0 Å². The first-order valence-electron chi connectivity index (χ1n) is 9.62. The standard InChI is InChI=1S/C22H18Cl2N4OS/c23-14-4-3-5-15(12-14)27-8-10-28(11-9-27)22-25-19-17(13-30-20(19)21(29)26-22)16-6-1-2-7-18(16)24/h1-7,12-13H,8-11H2,(H,25,26,29). The minimum atomic E-state index is -0.115. The summed E-state index contributed by atoms with van der Waals surface area (Å²) in [7, 11) is 0. The van der Waals surface area contributed by atoms with Crippen LogP contribution in [-0.4, -0.2) is 36.1 Å². The van der Waals surface area contributed by atoms with Crippen molar-refractivity contribution in [2.75, 3.05) is 36.0 Å². The largest absolute Gasteiger partial charge is 0.368 e. The lowest BCUT2D eigenvalue weighted by molar-refractivity contribution is 0.640. The molecule has 30 heavy (non-hydrogen) atoms. The van der Waals surface area contributed by atoms with E-state index in [0.717, 1.165) is 48.0 Å². The minimum absolute atomic E-state index is 0.115. The Morgan fingerprint density at radius 2 is 1.70 bits per heavy atom. The highest BCUT2D eigenvalue weighted by Gasteiger charge is 2.21. The van der Waals surface area contributed by atoms with Crippen LogP contribution in [0.15, 0.2) is 58.7 Å². The first-order chi connectivity index (χ1) is 14.6. The Morgan fingerprint density at radius 3 is 2.47 bits per heavy atom. The normalized spacial score (nSPS) is 14.5. The van der Waals surface area contributed by atoms with Crippen LogP contribution < -0.4 is 15.4 Å². The van der Waals surface area contributed by atoms with Gasteiger partial charge in [0.1, 0.15) is 4.70 Å². The number of H-pyrrole nitrogens is 1. The molecule has 0 amide bonds. The SMILES string of the molecule is O=c1[nH]c(N2CCN(c3cccc(Cl)c3)CC2)nc2c(-c3ccccc3Cl)csc12. The second-order valence-electron chi connectivity index (χ2n) is 7.15. The van der Waals surface area contributed by atoms with Crippen molar-refractivity contribution >= 4 is 56.4 Å². The molecule has 5 nitrogen and oxygen atoms in total. The van der Waals surface area contributed by atoms with Crippen LogP contribution in [0.2, 0.25) is 10.0 Å². The van der Waals surface area contributed by atoms with E-state index >= 15 is 0 Å². The lowest BCUT2D eigenvalue weighted by Gasteiger charge is -2.36. The summed E-state index contributed by atoms with van der Waals surface area (Å²) >= 11 is 13.9. The van der Waals surface area contributed by atoms with Gasteiger partial charge in [0.05, 0.1) is 5.52 Å². The first-order valence-corrected chi connectivity index (χ1v) is 11.3. The third-order valence-electron chi connectivity index (χ3n) is 5.33. The number of rotatable bonds is 3. The maximum Gasteiger partial charge on any atom is 0.270 e. The molecule has 0 atom stereocenters. The van der Waals surface area contributed by atoms with Crippen molar-refractivity contribution < 1.29 is 0 Å². The molecule has 8 heteroatoms. The molecule has 0 aliphatic carbocycles. The number of aromatic amines is 1. The topological polar surface area (TPSA) is 52.2 Å². The lowest BCUT2D eigenvalue weighted by atomic mass is 10.1. The van der Waals surface area contributed by atoms with E-state index in [0.29, 0.717) is 21.2 Å². The smallest absolute Gasteiger partial charge is 0.270 e. The summed E-state index contributed by atoms with van der Waals surface area (Å²) in [6.45, 7) is 3.16. The van der Waals surface area contributed by atoms with E-state index in [9.17, 15) is 4.79 Å². The quantitative estimate of drug-likeness (QED) is 0.455. The monoisotopic (exact) mass is 456 g/mol. The molecule has 0 unspecified atom stereocenters. The van der Waals surface area contributed by atoms with E-state index in [1.54, 1.807) is 0 Å². The highest BCUT2D eigenvalue weighted by atomic mass is 35.5. The van der Waals surface area contributed by atoms with Crippen molar-refractivity contribution in [2.45, 2.75) is 0 Å². The maximum absolute atomic E-state index is 12.7. The van der Waals surface area contributed by atoms with Crippen LogP contribution in [-0.2, 0) is 0 Å². The highest BCUT2D eigenvalue weighted by Crippen LogP contribution is 2.35. The summed E-state index contributed by atoms with van der Waals surface area (Å²) < 4.78 is 0.617. The minimum Gasteiger partial charge on any atom is -0.368 e. The van der Waals surface area contributed by atoms with Crippen LogP contribution in [0.1, 0.15) is 0 Å². The summed E-state index contributed by atoms with van der Waals surface area (Å²) in [5.41, 5.74) is 3.48. The maximum atomic E-state index is 12.7. The van der Waals surface area contributed by atoms with Gasteiger partial charge in [0, 0.05) is 58.4 Å². The van der Waals surface area contributed by atoms with Crippen molar-refractivity contribution in [3.05, 3.63) is 74.3 Å². The van der Waals surface area contributed by atoms with Crippen LogP contribution in [0.25, 0.3) is 21.3 Å². The number of aromatic nitrogens is 2. The molecule has 0 bridgehead atoms. The van der Waals surface area contributed by atoms with E-state index < -0.39 is 0 Å². The molecule has 0 radical (unpaired) electrons. The Bertz CT molecular complexity index is 1280. The molecule has 3 heterocycles. The predicted octanol–water partition coefficient (Wildman–Crippen LogP) is 5.29. The number of piperazine rings is 1. The number of hydrogen-bond donors (Lipinski definition) is 1.